The zero-order valence-corrected chi connectivity index (χ0v) is 29.7. The van der Waals surface area contributed by atoms with Crippen LogP contribution in [0.2, 0.25) is 0 Å². The predicted octanol–water partition coefficient (Wildman–Crippen LogP) is 6.94. The van der Waals surface area contributed by atoms with Crippen molar-refractivity contribution < 1.29 is 36.3 Å². The molecule has 0 saturated carbocycles. The largest absolute Gasteiger partial charge is 0.454 e. The number of benzene rings is 3. The topological polar surface area (TPSA) is 138 Å². The fraction of sp³-hybridized carbons (Fsp3) is 0.270. The van der Waals surface area contributed by atoms with Crippen LogP contribution in [0, 0.1) is 17.6 Å². The van der Waals surface area contributed by atoms with Gasteiger partial charge in [0.25, 0.3) is 5.56 Å². The highest BCUT2D eigenvalue weighted by Gasteiger charge is 2.28. The number of alkyl carbamates (subject to hydrolysis) is 1. The Morgan fingerprint density at radius 1 is 0.922 bits per heavy atom. The number of hydrogen-bond acceptors (Lipinski definition) is 7. The molecule has 0 fully saturated rings. The average Bonchev–Trinajstić information content (AvgIpc) is 3.50. The first-order valence-electron chi connectivity index (χ1n) is 16.0. The van der Waals surface area contributed by atoms with Crippen LogP contribution in [0.4, 0.5) is 19.3 Å². The molecule has 1 atom stereocenters. The number of halogens is 2. The minimum absolute atomic E-state index is 0.0469. The second-order valence-corrected chi connectivity index (χ2v) is 15.2. The summed E-state index contributed by atoms with van der Waals surface area (Å²) in [7, 11) is -2.63. The van der Waals surface area contributed by atoms with Crippen LogP contribution >= 0.6 is 0 Å². The van der Waals surface area contributed by atoms with Crippen molar-refractivity contribution in [2.75, 3.05) is 5.32 Å². The standard InChI is InChI=1S/C37H38F2N4O7S/c1-22(2)32(41-36(46)50-37(3,4)5)34(44)40-25-13-15-30(49-31-14-12-24(38)18-29(31)39)27(19-25)28-20-42(6)35(45)33-26(28)16-17-43(33)51(47,48)21-23-10-8-7-9-11-23/h7-20,22,32H,21H2,1-6H3,(H,40,44)(H,41,46)/t32-/m0/s1. The number of carbonyl (C=O) groups excluding carboxylic acids is 2. The molecule has 3 aromatic carbocycles. The summed E-state index contributed by atoms with van der Waals surface area (Å²) >= 11 is 0. The summed E-state index contributed by atoms with van der Waals surface area (Å²) < 4.78 is 69.2. The van der Waals surface area contributed by atoms with Gasteiger partial charge in [0.2, 0.25) is 15.9 Å². The monoisotopic (exact) mass is 720 g/mol. The van der Waals surface area contributed by atoms with Crippen LogP contribution < -0.4 is 20.9 Å². The Hall–Kier alpha value is -5.50. The highest BCUT2D eigenvalue weighted by Crippen LogP contribution is 2.39. The average molecular weight is 721 g/mol. The lowest BCUT2D eigenvalue weighted by molar-refractivity contribution is -0.119. The Morgan fingerprint density at radius 3 is 2.25 bits per heavy atom. The van der Waals surface area contributed by atoms with Gasteiger partial charge in [0.15, 0.2) is 11.6 Å². The molecule has 2 amide bonds. The SMILES string of the molecule is CC(C)[C@H](NC(=O)OC(C)(C)C)C(=O)Nc1ccc(Oc2ccc(F)cc2F)c(-c2cn(C)c(=O)c3c2ccn3S(=O)(=O)Cc2ccccc2)c1. The first-order chi connectivity index (χ1) is 23.9. The van der Waals surface area contributed by atoms with E-state index in [0.717, 1.165) is 16.1 Å². The Bertz CT molecular complexity index is 2280. The lowest BCUT2D eigenvalue weighted by Gasteiger charge is -2.25. The van der Waals surface area contributed by atoms with E-state index >= 15 is 0 Å². The quantitative estimate of drug-likeness (QED) is 0.159. The van der Waals surface area contributed by atoms with E-state index in [9.17, 15) is 31.6 Å². The van der Waals surface area contributed by atoms with E-state index in [1.807, 2.05) is 0 Å². The number of ether oxygens (including phenoxy) is 2. The molecule has 5 rings (SSSR count). The second-order valence-electron chi connectivity index (χ2n) is 13.3. The number of aryl methyl sites for hydroxylation is 1. The van der Waals surface area contributed by atoms with E-state index in [0.29, 0.717) is 17.2 Å². The minimum atomic E-state index is -4.08. The van der Waals surface area contributed by atoms with Crippen molar-refractivity contribution in [2.45, 2.75) is 52.0 Å². The van der Waals surface area contributed by atoms with Gasteiger partial charge < -0.3 is 24.7 Å². The summed E-state index contributed by atoms with van der Waals surface area (Å²) in [6, 6.07) is 16.2. The normalized spacial score (nSPS) is 12.5. The van der Waals surface area contributed by atoms with Gasteiger partial charge in [0.1, 0.15) is 28.7 Å². The third-order valence-corrected chi connectivity index (χ3v) is 9.35. The molecule has 0 aliphatic heterocycles. The second kappa shape index (κ2) is 14.4. The first-order valence-corrected chi connectivity index (χ1v) is 17.6. The smallest absolute Gasteiger partial charge is 0.408 e. The molecule has 2 aromatic heterocycles. The molecular weight excluding hydrogens is 682 g/mol. The number of nitrogens with one attached hydrogen (secondary N) is 2. The van der Waals surface area contributed by atoms with Gasteiger partial charge in [-0.25, -0.2) is 26.0 Å². The van der Waals surface area contributed by atoms with Crippen molar-refractivity contribution in [3.05, 3.63) is 113 Å². The molecule has 0 bridgehead atoms. The minimum Gasteiger partial charge on any atom is -0.454 e. The van der Waals surface area contributed by atoms with Crippen LogP contribution in [0.15, 0.2) is 90.0 Å². The van der Waals surface area contributed by atoms with Gasteiger partial charge in [-0.3, -0.25) is 9.59 Å². The number of pyridine rings is 1. The fourth-order valence-corrected chi connectivity index (χ4v) is 6.86. The Kier molecular flexibility index (Phi) is 10.4. The van der Waals surface area contributed by atoms with Gasteiger partial charge in [0.05, 0.1) is 5.75 Å². The van der Waals surface area contributed by atoms with Gasteiger partial charge in [-0.15, -0.1) is 0 Å². The first kappa shape index (κ1) is 36.8. The molecule has 5 aromatic rings. The van der Waals surface area contributed by atoms with Crippen LogP contribution in [0.1, 0.15) is 40.2 Å². The Labute approximate surface area is 293 Å². The van der Waals surface area contributed by atoms with Gasteiger partial charge in [-0.05, 0) is 68.7 Å². The fourth-order valence-electron chi connectivity index (χ4n) is 5.40. The van der Waals surface area contributed by atoms with Crippen LogP contribution in [0.3, 0.4) is 0 Å². The van der Waals surface area contributed by atoms with E-state index < -0.39 is 50.9 Å². The number of hydrogen-bond donors (Lipinski definition) is 2. The number of nitrogens with zero attached hydrogens (tertiary/aromatic N) is 2. The number of rotatable bonds is 10. The molecule has 11 nitrogen and oxygen atoms in total. The predicted molar refractivity (Wildman–Crippen MR) is 190 cm³/mol. The lowest BCUT2D eigenvalue weighted by atomic mass is 10.0. The lowest BCUT2D eigenvalue weighted by Crippen LogP contribution is -2.48. The number of fused-ring (bicyclic) bond motifs is 1. The maximum Gasteiger partial charge on any atom is 0.408 e. The number of aromatic nitrogens is 2. The molecule has 51 heavy (non-hydrogen) atoms. The van der Waals surface area contributed by atoms with Crippen molar-refractivity contribution in [3.63, 3.8) is 0 Å². The van der Waals surface area contributed by atoms with E-state index in [2.05, 4.69) is 10.6 Å². The third-order valence-electron chi connectivity index (χ3n) is 7.75. The molecule has 2 N–H and O–H groups in total. The summed E-state index contributed by atoms with van der Waals surface area (Å²) in [5.74, 6) is -3.33. The summed E-state index contributed by atoms with van der Waals surface area (Å²) in [5, 5.41) is 5.61. The molecule has 0 aliphatic carbocycles. The highest BCUT2D eigenvalue weighted by molar-refractivity contribution is 7.89. The summed E-state index contributed by atoms with van der Waals surface area (Å²) in [6.07, 6.45) is 1.98. The number of carbonyl (C=O) groups is 2. The molecule has 2 heterocycles. The molecular formula is C37H38F2N4O7S. The van der Waals surface area contributed by atoms with E-state index in [-0.39, 0.29) is 45.3 Å². The van der Waals surface area contributed by atoms with Crippen molar-refractivity contribution in [3.8, 4) is 22.6 Å². The zero-order chi connectivity index (χ0) is 37.2. The van der Waals surface area contributed by atoms with Crippen LogP contribution in [0.5, 0.6) is 11.5 Å². The van der Waals surface area contributed by atoms with Crippen molar-refractivity contribution >= 4 is 38.6 Å². The molecule has 0 saturated heterocycles. The van der Waals surface area contributed by atoms with Crippen molar-refractivity contribution in [1.82, 2.24) is 13.9 Å². The van der Waals surface area contributed by atoms with Gasteiger partial charge >= 0.3 is 6.09 Å². The third kappa shape index (κ3) is 8.46. The van der Waals surface area contributed by atoms with E-state index in [1.165, 1.54) is 48.3 Å². The molecule has 0 spiro atoms. The Balaban J connectivity index is 1.62. The van der Waals surface area contributed by atoms with Gasteiger partial charge in [0, 0.05) is 47.7 Å². The molecule has 14 heteroatoms. The zero-order valence-electron chi connectivity index (χ0n) is 28.9. The molecule has 0 radical (unpaired) electrons. The van der Waals surface area contributed by atoms with E-state index in [1.54, 1.807) is 65.0 Å². The Morgan fingerprint density at radius 2 is 1.61 bits per heavy atom. The molecule has 0 aliphatic rings. The molecule has 0 unspecified atom stereocenters. The van der Waals surface area contributed by atoms with Gasteiger partial charge in [-0.2, -0.15) is 0 Å². The van der Waals surface area contributed by atoms with Crippen molar-refractivity contribution in [1.29, 1.82) is 0 Å². The summed E-state index contributed by atoms with van der Waals surface area (Å²) in [4.78, 5) is 39.6. The number of anilines is 1. The van der Waals surface area contributed by atoms with Gasteiger partial charge in [-0.1, -0.05) is 44.2 Å². The summed E-state index contributed by atoms with van der Waals surface area (Å²) in [5.41, 5.74) is -0.234. The number of amides is 2. The molecule has 268 valence electrons. The maximum atomic E-state index is 14.8. The maximum absolute atomic E-state index is 14.8. The van der Waals surface area contributed by atoms with Crippen molar-refractivity contribution in [2.24, 2.45) is 13.0 Å². The van der Waals surface area contributed by atoms with E-state index in [4.69, 9.17) is 9.47 Å². The van der Waals surface area contributed by atoms with Crippen LogP contribution in [0.25, 0.3) is 22.0 Å². The van der Waals surface area contributed by atoms with Crippen LogP contribution in [-0.4, -0.2) is 40.6 Å². The highest BCUT2D eigenvalue weighted by atomic mass is 32.2. The van der Waals surface area contributed by atoms with Crippen LogP contribution in [-0.2, 0) is 32.4 Å². The summed E-state index contributed by atoms with van der Waals surface area (Å²) in [6.45, 7) is 8.59.